The average Bonchev–Trinajstić information content (AvgIpc) is 2.36. The smallest absolute Gasteiger partial charge is 0.167 e. The molecule has 1 aliphatic heterocycles. The molecule has 0 aromatic carbocycles. The molecule has 1 saturated heterocycles. The first-order valence-corrected chi connectivity index (χ1v) is 9.95. The number of halogens is 1. The lowest BCUT2D eigenvalue weighted by atomic mass is 10.4. The molecule has 0 unspecified atom stereocenters. The molecule has 0 amide bonds. The Hall–Kier alpha value is 0.607. The van der Waals surface area contributed by atoms with Gasteiger partial charge in [-0.15, -0.1) is 5.54 Å². The highest BCUT2D eigenvalue weighted by atomic mass is 79.9. The lowest BCUT2D eigenvalue weighted by Gasteiger charge is -2.02. The Morgan fingerprint density at radius 1 is 1.15 bits per heavy atom. The largest absolute Gasteiger partial charge is 1.00 e. The van der Waals surface area contributed by atoms with Crippen LogP contribution < -0.4 is 17.0 Å². The quantitative estimate of drug-likeness (QED) is 0.338. The highest BCUT2D eigenvalue weighted by Gasteiger charge is 2.22. The SMILES string of the molecule is C[Si](C)(C)C#CC[S+]1CCCC1.[Br-]. The summed E-state index contributed by atoms with van der Waals surface area (Å²) in [5.41, 5.74) is 3.44. The standard InChI is InChI=1S/C10H19SSi.BrH/c1-12(2,3)10-6-9-11-7-4-5-8-11;/h4-5,7-9H2,1-3H3;1H/q+1;/p-1. The summed E-state index contributed by atoms with van der Waals surface area (Å²) in [6.45, 7) is 6.95. The van der Waals surface area contributed by atoms with Gasteiger partial charge in [-0.25, -0.2) is 0 Å². The molecule has 0 radical (unpaired) electrons. The van der Waals surface area contributed by atoms with Crippen molar-refractivity contribution in [3.63, 3.8) is 0 Å². The minimum absolute atomic E-state index is 0. The molecule has 1 heterocycles. The third-order valence-corrected chi connectivity index (χ3v) is 5.07. The highest BCUT2D eigenvalue weighted by molar-refractivity contribution is 7.97. The lowest BCUT2D eigenvalue weighted by Crippen LogP contribution is -3.00. The van der Waals surface area contributed by atoms with Gasteiger partial charge in [0.2, 0.25) is 0 Å². The zero-order valence-corrected chi connectivity index (χ0v) is 12.2. The summed E-state index contributed by atoms with van der Waals surface area (Å²) in [5, 5.41) is 0. The van der Waals surface area contributed by atoms with Gasteiger partial charge in [0.15, 0.2) is 5.75 Å². The van der Waals surface area contributed by atoms with E-state index in [-0.39, 0.29) is 17.0 Å². The van der Waals surface area contributed by atoms with Crippen molar-refractivity contribution in [2.45, 2.75) is 32.5 Å². The Morgan fingerprint density at radius 3 is 2.15 bits per heavy atom. The Labute approximate surface area is 97.0 Å². The maximum atomic E-state index is 3.44. The predicted octanol–water partition coefficient (Wildman–Crippen LogP) is -0.717. The van der Waals surface area contributed by atoms with E-state index in [2.05, 4.69) is 31.1 Å². The van der Waals surface area contributed by atoms with E-state index in [1.165, 1.54) is 30.1 Å². The fourth-order valence-corrected chi connectivity index (χ4v) is 4.00. The van der Waals surface area contributed by atoms with Crippen LogP contribution in [0.1, 0.15) is 12.8 Å². The van der Waals surface area contributed by atoms with Crippen molar-refractivity contribution in [3.05, 3.63) is 0 Å². The molecule has 0 spiro atoms. The summed E-state index contributed by atoms with van der Waals surface area (Å²) < 4.78 is 0. The summed E-state index contributed by atoms with van der Waals surface area (Å²) in [4.78, 5) is 0. The highest BCUT2D eigenvalue weighted by Crippen LogP contribution is 2.12. The summed E-state index contributed by atoms with van der Waals surface area (Å²) >= 11 is 0. The Bertz CT molecular complexity index is 193. The van der Waals surface area contributed by atoms with Gasteiger partial charge in [0.05, 0.1) is 0 Å². The monoisotopic (exact) mass is 278 g/mol. The van der Waals surface area contributed by atoms with E-state index < -0.39 is 8.07 Å². The van der Waals surface area contributed by atoms with Crippen LogP contribution >= 0.6 is 0 Å². The van der Waals surface area contributed by atoms with Crippen molar-refractivity contribution in [1.29, 1.82) is 0 Å². The molecule has 0 nitrogen and oxygen atoms in total. The van der Waals surface area contributed by atoms with Crippen LogP contribution in [0.5, 0.6) is 0 Å². The molecule has 76 valence electrons. The van der Waals surface area contributed by atoms with Crippen molar-refractivity contribution in [2.24, 2.45) is 0 Å². The zero-order chi connectivity index (χ0) is 9.03. The molecule has 0 saturated carbocycles. The van der Waals surface area contributed by atoms with E-state index in [9.17, 15) is 0 Å². The van der Waals surface area contributed by atoms with Gasteiger partial charge in [0, 0.05) is 0 Å². The molecule has 0 aliphatic carbocycles. The predicted molar refractivity (Wildman–Crippen MR) is 62.3 cm³/mol. The maximum absolute atomic E-state index is 3.44. The molecule has 1 fully saturated rings. The minimum Gasteiger partial charge on any atom is -1.00 e. The summed E-state index contributed by atoms with van der Waals surface area (Å²) in [5.74, 6) is 7.51. The van der Waals surface area contributed by atoms with E-state index in [0.29, 0.717) is 10.9 Å². The van der Waals surface area contributed by atoms with Crippen LogP contribution in [0, 0.1) is 11.5 Å². The van der Waals surface area contributed by atoms with Crippen LogP contribution in [0.3, 0.4) is 0 Å². The zero-order valence-electron chi connectivity index (χ0n) is 8.82. The molecular formula is C10H19BrSSi. The Balaban J connectivity index is 0.00000144. The van der Waals surface area contributed by atoms with Crippen molar-refractivity contribution in [1.82, 2.24) is 0 Å². The average molecular weight is 279 g/mol. The van der Waals surface area contributed by atoms with Crippen LogP contribution in [0.2, 0.25) is 19.6 Å². The molecule has 13 heavy (non-hydrogen) atoms. The van der Waals surface area contributed by atoms with Crippen LogP contribution in [0.25, 0.3) is 0 Å². The summed E-state index contributed by atoms with van der Waals surface area (Å²) in [7, 11) is -0.399. The van der Waals surface area contributed by atoms with E-state index >= 15 is 0 Å². The van der Waals surface area contributed by atoms with Gasteiger partial charge in [0.25, 0.3) is 0 Å². The molecule has 0 N–H and O–H groups in total. The molecule has 0 aromatic heterocycles. The minimum atomic E-state index is -1.09. The number of rotatable bonds is 1. The topological polar surface area (TPSA) is 0 Å². The van der Waals surface area contributed by atoms with Gasteiger partial charge in [-0.3, -0.25) is 0 Å². The summed E-state index contributed by atoms with van der Waals surface area (Å²) in [6, 6.07) is 0. The lowest BCUT2D eigenvalue weighted by molar-refractivity contribution is -0.00000281. The molecule has 1 rings (SSSR count). The molecule has 0 aromatic rings. The van der Waals surface area contributed by atoms with E-state index in [0.717, 1.165) is 0 Å². The van der Waals surface area contributed by atoms with Crippen molar-refractivity contribution in [3.8, 4) is 11.5 Å². The molecular weight excluding hydrogens is 260 g/mol. The first-order valence-electron chi connectivity index (χ1n) is 4.72. The molecule has 1 aliphatic rings. The van der Waals surface area contributed by atoms with Crippen LogP contribution in [-0.2, 0) is 10.9 Å². The first kappa shape index (κ1) is 13.6. The van der Waals surface area contributed by atoms with Gasteiger partial charge in [0.1, 0.15) is 19.6 Å². The Kier molecular flexibility index (Phi) is 6.45. The maximum Gasteiger partial charge on any atom is 0.167 e. The number of hydrogen-bond acceptors (Lipinski definition) is 0. The first-order chi connectivity index (χ1) is 5.58. The van der Waals surface area contributed by atoms with E-state index in [4.69, 9.17) is 0 Å². The second kappa shape index (κ2) is 6.16. The fourth-order valence-electron chi connectivity index (χ4n) is 1.26. The van der Waals surface area contributed by atoms with E-state index in [1.807, 2.05) is 0 Å². The van der Waals surface area contributed by atoms with Gasteiger partial charge in [-0.05, 0) is 23.7 Å². The third kappa shape index (κ3) is 6.65. The fraction of sp³-hybridized carbons (Fsp3) is 0.800. The molecule has 3 heteroatoms. The van der Waals surface area contributed by atoms with Gasteiger partial charge < -0.3 is 17.0 Å². The van der Waals surface area contributed by atoms with Crippen molar-refractivity contribution >= 4 is 19.0 Å². The van der Waals surface area contributed by atoms with Crippen LogP contribution in [0.15, 0.2) is 0 Å². The number of hydrogen-bond donors (Lipinski definition) is 0. The van der Waals surface area contributed by atoms with E-state index in [1.54, 1.807) is 0 Å². The second-order valence-corrected chi connectivity index (χ2v) is 11.5. The third-order valence-electron chi connectivity index (χ3n) is 1.86. The van der Waals surface area contributed by atoms with Gasteiger partial charge in [-0.1, -0.05) is 25.6 Å². The molecule has 0 bridgehead atoms. The second-order valence-electron chi connectivity index (χ2n) is 4.42. The van der Waals surface area contributed by atoms with Crippen LogP contribution in [0.4, 0.5) is 0 Å². The Morgan fingerprint density at radius 2 is 1.69 bits per heavy atom. The van der Waals surface area contributed by atoms with Gasteiger partial charge in [-0.2, -0.15) is 0 Å². The molecule has 0 atom stereocenters. The van der Waals surface area contributed by atoms with Crippen molar-refractivity contribution < 1.29 is 17.0 Å². The van der Waals surface area contributed by atoms with Crippen LogP contribution in [-0.4, -0.2) is 25.3 Å². The van der Waals surface area contributed by atoms with Gasteiger partial charge >= 0.3 is 0 Å². The van der Waals surface area contributed by atoms with Crippen molar-refractivity contribution in [2.75, 3.05) is 17.3 Å². The summed E-state index contributed by atoms with van der Waals surface area (Å²) in [6.07, 6.45) is 2.91. The normalized spacial score (nSPS) is 17.5.